The lowest BCUT2D eigenvalue weighted by atomic mass is 10.3. The van der Waals surface area contributed by atoms with E-state index in [1.807, 2.05) is 20.0 Å². The molecule has 0 unspecified atom stereocenters. The molecule has 5 nitrogen and oxygen atoms in total. The maximum absolute atomic E-state index is 10.5. The molecule has 0 spiro atoms. The molecule has 0 radical (unpaired) electrons. The lowest BCUT2D eigenvalue weighted by molar-refractivity contribution is -0.136. The summed E-state index contributed by atoms with van der Waals surface area (Å²) in [6.07, 6.45) is 1.78. The van der Waals surface area contributed by atoms with Crippen LogP contribution in [-0.2, 0) is 11.2 Å². The summed E-state index contributed by atoms with van der Waals surface area (Å²) in [4.78, 5) is 14.8. The van der Waals surface area contributed by atoms with Crippen LogP contribution in [0.1, 0.15) is 17.0 Å². The molecule has 1 N–H and O–H groups in total. The summed E-state index contributed by atoms with van der Waals surface area (Å²) in [7, 11) is 0. The van der Waals surface area contributed by atoms with Gasteiger partial charge in [-0.3, -0.25) is 4.79 Å². The summed E-state index contributed by atoms with van der Waals surface area (Å²) >= 11 is 0. The van der Waals surface area contributed by atoms with Crippen LogP contribution in [0.3, 0.4) is 0 Å². The van der Waals surface area contributed by atoms with Crippen LogP contribution in [-0.4, -0.2) is 25.7 Å². The van der Waals surface area contributed by atoms with E-state index in [1.165, 1.54) is 0 Å². The number of aromatic nitrogens is 3. The molecular formula is C10H11N3O2. The van der Waals surface area contributed by atoms with E-state index < -0.39 is 5.97 Å². The minimum atomic E-state index is -0.883. The molecule has 0 saturated heterocycles. The molecule has 0 fully saturated rings. The number of carbonyl (C=O) groups is 1. The van der Waals surface area contributed by atoms with E-state index in [0.29, 0.717) is 11.3 Å². The Balaban J connectivity index is 2.51. The van der Waals surface area contributed by atoms with Crippen molar-refractivity contribution in [1.82, 2.24) is 14.6 Å². The van der Waals surface area contributed by atoms with Crippen molar-refractivity contribution in [2.75, 3.05) is 0 Å². The van der Waals surface area contributed by atoms with Gasteiger partial charge in [-0.15, -0.1) is 0 Å². The second-order valence-corrected chi connectivity index (χ2v) is 3.52. The molecule has 2 aromatic rings. The highest BCUT2D eigenvalue weighted by Gasteiger charge is 2.07. The predicted molar refractivity (Wildman–Crippen MR) is 53.8 cm³/mol. The smallest absolute Gasteiger partial charge is 0.309 e. The maximum Gasteiger partial charge on any atom is 0.309 e. The second-order valence-electron chi connectivity index (χ2n) is 3.52. The largest absolute Gasteiger partial charge is 0.481 e. The SMILES string of the molecule is Cc1cn2nc(CC(=O)O)cc2nc1C. The van der Waals surface area contributed by atoms with Crippen LogP contribution in [0.5, 0.6) is 0 Å². The van der Waals surface area contributed by atoms with Crippen molar-refractivity contribution in [2.45, 2.75) is 20.3 Å². The average molecular weight is 205 g/mol. The lowest BCUT2D eigenvalue weighted by Crippen LogP contribution is -2.01. The monoisotopic (exact) mass is 205 g/mol. The zero-order valence-corrected chi connectivity index (χ0v) is 8.56. The average Bonchev–Trinajstić information content (AvgIpc) is 2.46. The first kappa shape index (κ1) is 9.64. The molecule has 0 amide bonds. The Bertz CT molecular complexity index is 492. The Morgan fingerprint density at radius 2 is 2.27 bits per heavy atom. The van der Waals surface area contributed by atoms with E-state index >= 15 is 0 Å². The first-order chi connectivity index (χ1) is 7.06. The molecule has 0 aliphatic carbocycles. The third-order valence-electron chi connectivity index (χ3n) is 2.27. The van der Waals surface area contributed by atoms with E-state index in [2.05, 4.69) is 10.1 Å². The number of carboxylic acids is 1. The standard InChI is InChI=1S/C10H11N3O2/c1-6-5-13-9(11-7(6)2)3-8(12-13)4-10(14)15/h3,5H,4H2,1-2H3,(H,14,15). The number of aliphatic carboxylic acids is 1. The summed E-state index contributed by atoms with van der Waals surface area (Å²) in [6, 6.07) is 1.69. The van der Waals surface area contributed by atoms with Crippen molar-refractivity contribution in [2.24, 2.45) is 0 Å². The summed E-state index contributed by atoms with van der Waals surface area (Å²) in [5, 5.41) is 12.8. The van der Waals surface area contributed by atoms with E-state index in [1.54, 1.807) is 10.6 Å². The Morgan fingerprint density at radius 1 is 1.53 bits per heavy atom. The molecule has 2 aromatic heterocycles. The molecule has 78 valence electrons. The van der Waals surface area contributed by atoms with Gasteiger partial charge in [-0.05, 0) is 19.4 Å². The number of hydrogen-bond donors (Lipinski definition) is 1. The Kier molecular flexibility index (Phi) is 2.15. The van der Waals surface area contributed by atoms with Crippen LogP contribution in [0.2, 0.25) is 0 Å². The van der Waals surface area contributed by atoms with Gasteiger partial charge in [0.1, 0.15) is 0 Å². The molecule has 0 atom stereocenters. The molecule has 0 aliphatic heterocycles. The molecule has 0 aliphatic rings. The first-order valence-electron chi connectivity index (χ1n) is 4.60. The quantitative estimate of drug-likeness (QED) is 0.793. The molecule has 2 heterocycles. The highest BCUT2D eigenvalue weighted by atomic mass is 16.4. The van der Waals surface area contributed by atoms with Crippen molar-refractivity contribution < 1.29 is 9.90 Å². The van der Waals surface area contributed by atoms with Crippen LogP contribution in [0.4, 0.5) is 0 Å². The third-order valence-corrected chi connectivity index (χ3v) is 2.27. The minimum Gasteiger partial charge on any atom is -0.481 e. The summed E-state index contributed by atoms with van der Waals surface area (Å²) < 4.78 is 1.61. The van der Waals surface area contributed by atoms with Crippen LogP contribution < -0.4 is 0 Å². The highest BCUT2D eigenvalue weighted by Crippen LogP contribution is 2.09. The minimum absolute atomic E-state index is 0.0680. The topological polar surface area (TPSA) is 67.5 Å². The van der Waals surface area contributed by atoms with E-state index in [4.69, 9.17) is 5.11 Å². The van der Waals surface area contributed by atoms with Gasteiger partial charge in [0.25, 0.3) is 0 Å². The molecule has 2 rings (SSSR count). The van der Waals surface area contributed by atoms with Gasteiger partial charge in [-0.25, -0.2) is 9.50 Å². The fourth-order valence-corrected chi connectivity index (χ4v) is 1.39. The van der Waals surface area contributed by atoms with Gasteiger partial charge in [-0.2, -0.15) is 5.10 Å². The van der Waals surface area contributed by atoms with Crippen molar-refractivity contribution in [3.63, 3.8) is 0 Å². The number of fused-ring (bicyclic) bond motifs is 1. The molecule has 0 aromatic carbocycles. The zero-order valence-electron chi connectivity index (χ0n) is 8.56. The van der Waals surface area contributed by atoms with Crippen LogP contribution in [0, 0.1) is 13.8 Å². The van der Waals surface area contributed by atoms with E-state index in [9.17, 15) is 4.79 Å². The van der Waals surface area contributed by atoms with Crippen molar-refractivity contribution >= 4 is 11.6 Å². The molecular weight excluding hydrogens is 194 g/mol. The number of aryl methyl sites for hydroxylation is 2. The van der Waals surface area contributed by atoms with Gasteiger partial charge < -0.3 is 5.11 Å². The van der Waals surface area contributed by atoms with Gasteiger partial charge in [0.15, 0.2) is 5.65 Å². The predicted octanol–water partition coefficient (Wildman–Crippen LogP) is 0.973. The van der Waals surface area contributed by atoms with E-state index in [-0.39, 0.29) is 6.42 Å². The van der Waals surface area contributed by atoms with Gasteiger partial charge >= 0.3 is 5.97 Å². The number of carboxylic acid groups (broad SMARTS) is 1. The second kappa shape index (κ2) is 3.34. The number of nitrogens with zero attached hydrogens (tertiary/aromatic N) is 3. The molecule has 0 bridgehead atoms. The third kappa shape index (κ3) is 1.81. The molecule has 5 heteroatoms. The fraction of sp³-hybridized carbons (Fsp3) is 0.300. The lowest BCUT2D eigenvalue weighted by Gasteiger charge is -1.98. The fourth-order valence-electron chi connectivity index (χ4n) is 1.39. The van der Waals surface area contributed by atoms with Crippen LogP contribution in [0.15, 0.2) is 12.3 Å². The number of rotatable bonds is 2. The van der Waals surface area contributed by atoms with Crippen molar-refractivity contribution in [1.29, 1.82) is 0 Å². The van der Waals surface area contributed by atoms with Crippen molar-refractivity contribution in [3.8, 4) is 0 Å². The summed E-state index contributed by atoms with van der Waals surface area (Å²) in [5.41, 5.74) is 3.19. The highest BCUT2D eigenvalue weighted by molar-refractivity contribution is 5.70. The molecule has 0 saturated carbocycles. The number of hydrogen-bond acceptors (Lipinski definition) is 3. The van der Waals surface area contributed by atoms with Gasteiger partial charge in [-0.1, -0.05) is 0 Å². The summed E-state index contributed by atoms with van der Waals surface area (Å²) in [6.45, 7) is 3.86. The van der Waals surface area contributed by atoms with Gasteiger partial charge in [0.05, 0.1) is 12.1 Å². The summed E-state index contributed by atoms with van der Waals surface area (Å²) in [5.74, 6) is -0.883. The molecule has 15 heavy (non-hydrogen) atoms. The Morgan fingerprint density at radius 3 is 2.93 bits per heavy atom. The van der Waals surface area contributed by atoms with Crippen LogP contribution in [0.25, 0.3) is 5.65 Å². The first-order valence-corrected chi connectivity index (χ1v) is 4.60. The van der Waals surface area contributed by atoms with E-state index in [0.717, 1.165) is 11.3 Å². The maximum atomic E-state index is 10.5. The normalized spacial score (nSPS) is 10.8. The van der Waals surface area contributed by atoms with Crippen LogP contribution >= 0.6 is 0 Å². The Hall–Kier alpha value is -1.91. The van der Waals surface area contributed by atoms with Gasteiger partial charge in [0.2, 0.25) is 0 Å². The zero-order chi connectivity index (χ0) is 11.0. The van der Waals surface area contributed by atoms with Crippen molar-refractivity contribution in [3.05, 3.63) is 29.2 Å². The van der Waals surface area contributed by atoms with Gasteiger partial charge in [0, 0.05) is 18.0 Å². The Labute approximate surface area is 86.4 Å².